The number of ether oxygens (including phenoxy) is 1. The molecule has 0 bridgehead atoms. The predicted octanol–water partition coefficient (Wildman–Crippen LogP) is 3.75. The fourth-order valence-corrected chi connectivity index (χ4v) is 2.61. The van der Waals surface area contributed by atoms with E-state index in [2.05, 4.69) is 10.2 Å². The molecule has 0 spiro atoms. The summed E-state index contributed by atoms with van der Waals surface area (Å²) in [6.45, 7) is 0. The molecule has 6 heteroatoms. The molecule has 0 saturated carbocycles. The third-order valence-electron chi connectivity index (χ3n) is 3.85. The minimum atomic E-state index is -0.410. The third-order valence-corrected chi connectivity index (χ3v) is 3.85. The normalized spacial score (nSPS) is 11.2. The van der Waals surface area contributed by atoms with Crippen LogP contribution in [0.5, 0.6) is 11.6 Å². The van der Waals surface area contributed by atoms with Crippen molar-refractivity contribution in [2.75, 3.05) is 7.11 Å². The van der Waals surface area contributed by atoms with Crippen LogP contribution in [0, 0.1) is 0 Å². The molecule has 6 nitrogen and oxygen atoms in total. The molecule has 0 aliphatic carbocycles. The van der Waals surface area contributed by atoms with Gasteiger partial charge in [-0.1, -0.05) is 36.4 Å². The molecule has 1 aromatic heterocycles. The number of hydrogen-bond donors (Lipinski definition) is 1. The SMILES string of the molecule is COc1ccccc1CC(=O)N=Nc1c(O)n(C)c2ccccc12. The van der Waals surface area contributed by atoms with E-state index in [1.54, 1.807) is 24.8 Å². The summed E-state index contributed by atoms with van der Waals surface area (Å²) in [5, 5.41) is 18.6. The van der Waals surface area contributed by atoms with E-state index in [4.69, 9.17) is 4.74 Å². The Morgan fingerprint density at radius 2 is 1.88 bits per heavy atom. The maximum atomic E-state index is 12.1. The molecule has 1 heterocycles. The molecule has 2 aromatic carbocycles. The van der Waals surface area contributed by atoms with E-state index in [9.17, 15) is 9.90 Å². The molecule has 0 saturated heterocycles. The first-order chi connectivity index (χ1) is 11.6. The number of hydrogen-bond acceptors (Lipinski definition) is 4. The summed E-state index contributed by atoms with van der Waals surface area (Å²) in [5.74, 6) is 0.200. The van der Waals surface area contributed by atoms with Gasteiger partial charge < -0.3 is 14.4 Å². The monoisotopic (exact) mass is 323 g/mol. The minimum absolute atomic E-state index is 0.0231. The Bertz CT molecular complexity index is 928. The van der Waals surface area contributed by atoms with Crippen LogP contribution in [-0.2, 0) is 18.3 Å². The number of nitrogens with zero attached hydrogens (tertiary/aromatic N) is 3. The second kappa shape index (κ2) is 6.54. The molecule has 1 amide bonds. The number of aromatic nitrogens is 1. The molecule has 0 radical (unpaired) electrons. The first-order valence-corrected chi connectivity index (χ1v) is 7.44. The summed E-state index contributed by atoms with van der Waals surface area (Å²) < 4.78 is 6.83. The first-order valence-electron chi connectivity index (χ1n) is 7.44. The molecule has 0 fully saturated rings. The van der Waals surface area contributed by atoms with Crippen molar-refractivity contribution in [2.24, 2.45) is 17.3 Å². The Morgan fingerprint density at radius 3 is 2.67 bits per heavy atom. The number of aryl methyl sites for hydroxylation is 1. The van der Waals surface area contributed by atoms with Gasteiger partial charge in [0.2, 0.25) is 5.88 Å². The van der Waals surface area contributed by atoms with Crippen LogP contribution in [0.15, 0.2) is 58.8 Å². The Morgan fingerprint density at radius 1 is 1.17 bits per heavy atom. The Balaban J connectivity index is 1.86. The predicted molar refractivity (Wildman–Crippen MR) is 90.8 cm³/mol. The van der Waals surface area contributed by atoms with Crippen LogP contribution in [0.25, 0.3) is 10.9 Å². The lowest BCUT2D eigenvalue weighted by atomic mass is 10.1. The fraction of sp³-hybridized carbons (Fsp3) is 0.167. The van der Waals surface area contributed by atoms with E-state index in [0.717, 1.165) is 16.5 Å². The van der Waals surface area contributed by atoms with Gasteiger partial charge in [-0.3, -0.25) is 4.79 Å². The van der Waals surface area contributed by atoms with Crippen LogP contribution in [0.3, 0.4) is 0 Å². The van der Waals surface area contributed by atoms with Gasteiger partial charge in [0.25, 0.3) is 5.91 Å². The average Bonchev–Trinajstić information content (AvgIpc) is 2.85. The summed E-state index contributed by atoms with van der Waals surface area (Å²) in [6, 6.07) is 14.7. The summed E-state index contributed by atoms with van der Waals surface area (Å²) in [7, 11) is 3.28. The van der Waals surface area contributed by atoms with Gasteiger partial charge in [0.15, 0.2) is 5.69 Å². The lowest BCUT2D eigenvalue weighted by Gasteiger charge is -2.05. The molecule has 24 heavy (non-hydrogen) atoms. The summed E-state index contributed by atoms with van der Waals surface area (Å²) in [6.07, 6.45) is 0.0824. The number of rotatable bonds is 4. The van der Waals surface area contributed by atoms with Crippen molar-refractivity contribution in [3.8, 4) is 11.6 Å². The number of methoxy groups -OCH3 is 1. The van der Waals surface area contributed by atoms with Crippen molar-refractivity contribution in [2.45, 2.75) is 6.42 Å². The van der Waals surface area contributed by atoms with E-state index in [1.807, 2.05) is 42.5 Å². The van der Waals surface area contributed by atoms with Gasteiger partial charge in [-0.2, -0.15) is 0 Å². The average molecular weight is 323 g/mol. The van der Waals surface area contributed by atoms with Gasteiger partial charge in [0, 0.05) is 18.0 Å². The maximum Gasteiger partial charge on any atom is 0.269 e. The number of fused-ring (bicyclic) bond motifs is 1. The summed E-state index contributed by atoms with van der Waals surface area (Å²) in [5.41, 5.74) is 1.86. The van der Waals surface area contributed by atoms with Gasteiger partial charge in [0.05, 0.1) is 19.0 Å². The van der Waals surface area contributed by atoms with Crippen molar-refractivity contribution in [1.82, 2.24) is 4.57 Å². The van der Waals surface area contributed by atoms with Crippen molar-refractivity contribution >= 4 is 22.5 Å². The van der Waals surface area contributed by atoms with E-state index < -0.39 is 5.91 Å². The molecular weight excluding hydrogens is 306 g/mol. The number of amides is 1. The largest absolute Gasteiger partial charge is 0.496 e. The molecule has 1 N–H and O–H groups in total. The highest BCUT2D eigenvalue weighted by Gasteiger charge is 2.14. The van der Waals surface area contributed by atoms with Crippen molar-refractivity contribution < 1.29 is 14.6 Å². The van der Waals surface area contributed by atoms with Crippen molar-refractivity contribution in [3.63, 3.8) is 0 Å². The molecule has 0 unspecified atom stereocenters. The van der Waals surface area contributed by atoms with Gasteiger partial charge in [-0.15, -0.1) is 10.2 Å². The molecule has 0 aliphatic heterocycles. The van der Waals surface area contributed by atoms with Crippen LogP contribution in [0.4, 0.5) is 5.69 Å². The zero-order valence-electron chi connectivity index (χ0n) is 13.4. The second-order valence-corrected chi connectivity index (χ2v) is 5.33. The minimum Gasteiger partial charge on any atom is -0.496 e. The highest BCUT2D eigenvalue weighted by Crippen LogP contribution is 2.37. The van der Waals surface area contributed by atoms with E-state index in [1.165, 1.54) is 0 Å². The Kier molecular flexibility index (Phi) is 4.29. The molecule has 0 atom stereocenters. The molecule has 122 valence electrons. The first kappa shape index (κ1) is 15.7. The molecule has 3 aromatic rings. The second-order valence-electron chi connectivity index (χ2n) is 5.33. The van der Waals surface area contributed by atoms with Crippen LogP contribution >= 0.6 is 0 Å². The van der Waals surface area contributed by atoms with Gasteiger partial charge in [-0.25, -0.2) is 0 Å². The number of azo groups is 1. The van der Waals surface area contributed by atoms with Crippen LogP contribution in [0.2, 0.25) is 0 Å². The van der Waals surface area contributed by atoms with Crippen LogP contribution in [0.1, 0.15) is 5.56 Å². The zero-order chi connectivity index (χ0) is 17.1. The standard InChI is InChI=1S/C18H17N3O3/c1-21-14-9-5-4-8-13(14)17(18(21)23)20-19-16(22)11-12-7-3-6-10-15(12)24-2/h3-10,23H,11H2,1-2H3. The number of carbonyl (C=O) groups is 1. The van der Waals surface area contributed by atoms with Gasteiger partial charge in [0.1, 0.15) is 5.75 Å². The van der Waals surface area contributed by atoms with Crippen molar-refractivity contribution in [1.29, 1.82) is 0 Å². The highest BCUT2D eigenvalue weighted by molar-refractivity contribution is 5.95. The Hall–Kier alpha value is -3.15. The maximum absolute atomic E-state index is 12.1. The lowest BCUT2D eigenvalue weighted by molar-refractivity contribution is -0.117. The lowest BCUT2D eigenvalue weighted by Crippen LogP contribution is -2.00. The van der Waals surface area contributed by atoms with Crippen molar-refractivity contribution in [3.05, 3.63) is 54.1 Å². The van der Waals surface area contributed by atoms with Gasteiger partial charge >= 0.3 is 0 Å². The van der Waals surface area contributed by atoms with Crippen LogP contribution in [-0.4, -0.2) is 22.7 Å². The van der Waals surface area contributed by atoms with E-state index in [0.29, 0.717) is 11.4 Å². The smallest absolute Gasteiger partial charge is 0.269 e. The topological polar surface area (TPSA) is 76.2 Å². The number of carbonyl (C=O) groups excluding carboxylic acids is 1. The van der Waals surface area contributed by atoms with E-state index in [-0.39, 0.29) is 12.3 Å². The van der Waals surface area contributed by atoms with Gasteiger partial charge in [-0.05, 0) is 12.1 Å². The summed E-state index contributed by atoms with van der Waals surface area (Å²) >= 11 is 0. The van der Waals surface area contributed by atoms with Crippen LogP contribution < -0.4 is 4.74 Å². The molecule has 0 aliphatic rings. The molecule has 3 rings (SSSR count). The number of aromatic hydroxyl groups is 1. The fourth-order valence-electron chi connectivity index (χ4n) is 2.61. The highest BCUT2D eigenvalue weighted by atomic mass is 16.5. The summed E-state index contributed by atoms with van der Waals surface area (Å²) in [4.78, 5) is 12.1. The number of benzene rings is 2. The Labute approximate surface area is 139 Å². The van der Waals surface area contributed by atoms with E-state index >= 15 is 0 Å². The quantitative estimate of drug-likeness (QED) is 0.743. The number of para-hydroxylation sites is 2. The third kappa shape index (κ3) is 2.86. The molecular formula is C18H17N3O3. The zero-order valence-corrected chi connectivity index (χ0v) is 13.4.